The number of carbonyl (C=O) groups excluding carboxylic acids is 1. The smallest absolute Gasteiger partial charge is 0.362 e. The number of thiophene rings is 1. The quantitative estimate of drug-likeness (QED) is 0.487. The monoisotopic (exact) mass is 456 g/mol. The van der Waals surface area contributed by atoms with E-state index in [1.165, 1.54) is 35.5 Å². The van der Waals surface area contributed by atoms with Crippen molar-refractivity contribution in [3.8, 4) is 10.6 Å². The average Bonchev–Trinajstić information content (AvgIpc) is 3.42. The molecule has 1 amide bonds. The molecule has 0 spiro atoms. The van der Waals surface area contributed by atoms with Gasteiger partial charge in [-0.1, -0.05) is 17.7 Å². The third-order valence-electron chi connectivity index (χ3n) is 3.96. The van der Waals surface area contributed by atoms with Gasteiger partial charge < -0.3 is 10.1 Å². The molecule has 13 heteroatoms. The Morgan fingerprint density at radius 1 is 1.40 bits per heavy atom. The molecule has 0 aliphatic carbocycles. The van der Waals surface area contributed by atoms with E-state index in [0.717, 1.165) is 6.07 Å². The fourth-order valence-electron chi connectivity index (χ4n) is 2.71. The molecular formula is C17H12ClF3N6O2S. The predicted octanol–water partition coefficient (Wildman–Crippen LogP) is 4.18. The molecule has 0 saturated heterocycles. The molecule has 0 unspecified atom stereocenters. The van der Waals surface area contributed by atoms with Gasteiger partial charge in [0.25, 0.3) is 5.91 Å². The molecule has 4 heterocycles. The Bertz CT molecular complexity index is 1220. The van der Waals surface area contributed by atoms with Gasteiger partial charge in [-0.05, 0) is 17.5 Å². The number of fused-ring (bicyclic) bond motifs is 1. The number of nitrogens with one attached hydrogen (secondary N) is 1. The van der Waals surface area contributed by atoms with Gasteiger partial charge >= 0.3 is 6.18 Å². The van der Waals surface area contributed by atoms with Crippen molar-refractivity contribution in [1.82, 2.24) is 24.4 Å². The number of methoxy groups -OCH3 is 1. The number of ether oxygens (including phenoxy) is 1. The van der Waals surface area contributed by atoms with Crippen LogP contribution >= 0.6 is 22.9 Å². The normalized spacial score (nSPS) is 11.9. The molecule has 4 aromatic heterocycles. The zero-order valence-corrected chi connectivity index (χ0v) is 16.7. The Balaban J connectivity index is 1.77. The van der Waals surface area contributed by atoms with Crippen LogP contribution in [0.3, 0.4) is 0 Å². The molecule has 0 aromatic carbocycles. The number of halogens is 4. The second kappa shape index (κ2) is 7.70. The molecule has 0 radical (unpaired) electrons. The molecule has 4 rings (SSSR count). The summed E-state index contributed by atoms with van der Waals surface area (Å²) in [6.07, 6.45) is -1.90. The summed E-state index contributed by atoms with van der Waals surface area (Å²) in [6.45, 7) is 0.162. The van der Waals surface area contributed by atoms with Crippen LogP contribution in [0.4, 0.5) is 18.9 Å². The van der Waals surface area contributed by atoms with Crippen LogP contribution in [0.2, 0.25) is 5.02 Å². The lowest BCUT2D eigenvalue weighted by Crippen LogP contribution is -2.15. The number of hydrogen-bond donors (Lipinski definition) is 1. The maximum absolute atomic E-state index is 13.7. The number of alkyl halides is 3. The zero-order chi connectivity index (χ0) is 21.5. The third kappa shape index (κ3) is 3.76. The molecule has 0 aliphatic rings. The summed E-state index contributed by atoms with van der Waals surface area (Å²) in [6, 6.07) is 4.21. The maximum Gasteiger partial charge on any atom is 0.433 e. The minimum absolute atomic E-state index is 0.0828. The molecule has 0 atom stereocenters. The number of hydrogen-bond acceptors (Lipinski definition) is 6. The van der Waals surface area contributed by atoms with Crippen LogP contribution in [-0.4, -0.2) is 37.4 Å². The molecule has 8 nitrogen and oxygen atoms in total. The lowest BCUT2D eigenvalue weighted by atomic mass is 10.2. The van der Waals surface area contributed by atoms with Crippen LogP contribution in [0.15, 0.2) is 36.0 Å². The maximum atomic E-state index is 13.7. The predicted molar refractivity (Wildman–Crippen MR) is 104 cm³/mol. The van der Waals surface area contributed by atoms with Crippen molar-refractivity contribution >= 4 is 40.2 Å². The Hall–Kier alpha value is -2.96. The summed E-state index contributed by atoms with van der Waals surface area (Å²) in [5.41, 5.74) is -1.37. The van der Waals surface area contributed by atoms with E-state index in [2.05, 4.69) is 20.5 Å². The summed E-state index contributed by atoms with van der Waals surface area (Å²) in [5.74, 6) is -0.798. The molecular weight excluding hydrogens is 445 g/mol. The van der Waals surface area contributed by atoms with E-state index >= 15 is 0 Å². The lowest BCUT2D eigenvalue weighted by Gasteiger charge is -2.10. The van der Waals surface area contributed by atoms with Crippen molar-refractivity contribution in [3.05, 3.63) is 52.4 Å². The van der Waals surface area contributed by atoms with Crippen molar-refractivity contribution in [2.75, 3.05) is 12.4 Å². The van der Waals surface area contributed by atoms with E-state index in [4.69, 9.17) is 16.3 Å². The van der Waals surface area contributed by atoms with E-state index < -0.39 is 23.5 Å². The number of amides is 1. The van der Waals surface area contributed by atoms with Gasteiger partial charge in [0.05, 0.1) is 28.7 Å². The van der Waals surface area contributed by atoms with Crippen LogP contribution in [0.1, 0.15) is 16.2 Å². The fourth-order valence-corrected chi connectivity index (χ4v) is 3.64. The van der Waals surface area contributed by atoms with Crippen molar-refractivity contribution in [2.24, 2.45) is 0 Å². The first-order chi connectivity index (χ1) is 14.3. The van der Waals surface area contributed by atoms with Crippen molar-refractivity contribution in [2.45, 2.75) is 12.9 Å². The Morgan fingerprint density at radius 3 is 2.87 bits per heavy atom. The summed E-state index contributed by atoms with van der Waals surface area (Å²) in [5, 5.41) is 11.7. The second-order valence-corrected chi connectivity index (χ2v) is 7.37. The summed E-state index contributed by atoms with van der Waals surface area (Å²) >= 11 is 7.45. The van der Waals surface area contributed by atoms with Crippen molar-refractivity contribution in [3.63, 3.8) is 0 Å². The first kappa shape index (κ1) is 20.3. The Morgan fingerprint density at radius 2 is 2.20 bits per heavy atom. The van der Waals surface area contributed by atoms with Gasteiger partial charge in [-0.3, -0.25) is 4.79 Å². The van der Waals surface area contributed by atoms with E-state index in [-0.39, 0.29) is 23.1 Å². The van der Waals surface area contributed by atoms with Crippen LogP contribution in [0.25, 0.3) is 16.2 Å². The first-order valence-electron chi connectivity index (χ1n) is 8.31. The number of aromatic nitrogens is 5. The second-order valence-electron chi connectivity index (χ2n) is 6.04. The molecule has 0 saturated carbocycles. The summed E-state index contributed by atoms with van der Waals surface area (Å²) in [4.78, 5) is 17.3. The zero-order valence-electron chi connectivity index (χ0n) is 15.1. The molecule has 0 aliphatic heterocycles. The van der Waals surface area contributed by atoms with Crippen LogP contribution in [0, 0.1) is 0 Å². The van der Waals surface area contributed by atoms with Gasteiger partial charge in [-0.15, -0.1) is 11.3 Å². The highest BCUT2D eigenvalue weighted by Gasteiger charge is 2.36. The molecule has 4 aromatic rings. The summed E-state index contributed by atoms with van der Waals surface area (Å²) in [7, 11) is 1.48. The highest BCUT2D eigenvalue weighted by atomic mass is 35.5. The molecule has 30 heavy (non-hydrogen) atoms. The van der Waals surface area contributed by atoms with Crippen LogP contribution in [0.5, 0.6) is 0 Å². The number of rotatable bonds is 5. The largest absolute Gasteiger partial charge is 0.433 e. The van der Waals surface area contributed by atoms with Gasteiger partial charge in [0.1, 0.15) is 11.8 Å². The number of anilines is 1. The molecule has 0 fully saturated rings. The number of carbonyl (C=O) groups is 1. The van der Waals surface area contributed by atoms with E-state index in [0.29, 0.717) is 15.1 Å². The fraction of sp³-hybridized carbons (Fsp3) is 0.176. The van der Waals surface area contributed by atoms with E-state index in [1.807, 2.05) is 0 Å². The highest BCUT2D eigenvalue weighted by Crippen LogP contribution is 2.35. The molecule has 0 bridgehead atoms. The summed E-state index contributed by atoms with van der Waals surface area (Å²) < 4.78 is 47.8. The van der Waals surface area contributed by atoms with Gasteiger partial charge in [0.2, 0.25) is 0 Å². The molecule has 156 valence electrons. The SMILES string of the molecule is COCn1cc(NC(=O)c2nn3c(C(F)(F)F)cc(-c4cccs4)nc3c2Cl)cn1. The van der Waals surface area contributed by atoms with Crippen LogP contribution in [-0.2, 0) is 17.6 Å². The topological polar surface area (TPSA) is 86.3 Å². The van der Waals surface area contributed by atoms with E-state index in [9.17, 15) is 18.0 Å². The van der Waals surface area contributed by atoms with Crippen molar-refractivity contribution in [1.29, 1.82) is 0 Å². The Labute approximate surface area is 175 Å². The van der Waals surface area contributed by atoms with Gasteiger partial charge in [-0.2, -0.15) is 23.4 Å². The Kier molecular flexibility index (Phi) is 5.22. The third-order valence-corrected chi connectivity index (χ3v) is 5.20. The standard InChI is InChI=1S/C17H12ClF3N6O2S/c1-29-8-26-7-9(6-22-26)23-16(28)14-13(18)15-24-10(11-3-2-4-30-11)5-12(17(19,20)21)27(15)25-14/h2-7H,8H2,1H3,(H,23,28). The van der Waals surface area contributed by atoms with Crippen molar-refractivity contribution < 1.29 is 22.7 Å². The van der Waals surface area contributed by atoms with Gasteiger partial charge in [0, 0.05) is 7.11 Å². The van der Waals surface area contributed by atoms with Crippen LogP contribution < -0.4 is 5.32 Å². The van der Waals surface area contributed by atoms with E-state index in [1.54, 1.807) is 17.5 Å². The number of nitrogens with zero attached hydrogens (tertiary/aromatic N) is 5. The molecule has 1 N–H and O–H groups in total. The minimum Gasteiger partial charge on any atom is -0.362 e. The first-order valence-corrected chi connectivity index (χ1v) is 9.57. The minimum atomic E-state index is -4.74. The van der Waals surface area contributed by atoms with Gasteiger partial charge in [-0.25, -0.2) is 14.2 Å². The van der Waals surface area contributed by atoms with Gasteiger partial charge in [0.15, 0.2) is 17.0 Å². The highest BCUT2D eigenvalue weighted by molar-refractivity contribution is 7.13. The lowest BCUT2D eigenvalue weighted by molar-refractivity contribution is -0.142. The average molecular weight is 457 g/mol.